The Morgan fingerprint density at radius 3 is 2.00 bits per heavy atom. The van der Waals surface area contributed by atoms with Crippen LogP contribution in [0, 0.1) is 0 Å². The molecule has 2 rings (SSSR count). The van der Waals surface area contributed by atoms with Crippen molar-refractivity contribution in [3.8, 4) is 0 Å². The number of allylic oxidation sites excluding steroid dienone is 3. The Bertz CT molecular complexity index is 640. The molecular weight excluding hydrogens is 260 g/mol. The van der Waals surface area contributed by atoms with Crippen molar-refractivity contribution in [3.63, 3.8) is 0 Å². The normalized spacial score (nSPS) is 13.3. The van der Waals surface area contributed by atoms with Gasteiger partial charge in [-0.3, -0.25) is 4.79 Å². The fourth-order valence-corrected chi connectivity index (χ4v) is 2.08. The van der Waals surface area contributed by atoms with Gasteiger partial charge >= 0.3 is 0 Å². The Morgan fingerprint density at radius 1 is 0.952 bits per heavy atom. The van der Waals surface area contributed by atoms with Crippen molar-refractivity contribution < 1.29 is 9.90 Å². The predicted octanol–water partition coefficient (Wildman–Crippen LogP) is 3.89. The molecule has 0 saturated heterocycles. The number of rotatable bonds is 5. The van der Waals surface area contributed by atoms with Gasteiger partial charge in [0.25, 0.3) is 0 Å². The van der Waals surface area contributed by atoms with E-state index in [-0.39, 0.29) is 5.78 Å². The van der Waals surface area contributed by atoms with Crippen molar-refractivity contribution in [2.45, 2.75) is 13.0 Å². The topological polar surface area (TPSA) is 37.3 Å². The highest BCUT2D eigenvalue weighted by atomic mass is 16.3. The molecule has 1 atom stereocenters. The molecule has 0 aromatic heterocycles. The number of ketones is 1. The van der Waals surface area contributed by atoms with Crippen molar-refractivity contribution in [2.75, 3.05) is 0 Å². The van der Waals surface area contributed by atoms with Crippen LogP contribution in [0.1, 0.15) is 22.8 Å². The SMILES string of the molecule is C/C=C\C=C(/c1ccccc1)C(O)C(=O)c1ccccc1. The lowest BCUT2D eigenvalue weighted by molar-refractivity contribution is 0.0833. The van der Waals surface area contributed by atoms with Crippen LogP contribution in [-0.4, -0.2) is 17.0 Å². The van der Waals surface area contributed by atoms with Crippen LogP contribution in [0.15, 0.2) is 78.9 Å². The van der Waals surface area contributed by atoms with E-state index in [0.717, 1.165) is 5.56 Å². The standard InChI is InChI=1S/C19H18O2/c1-2-3-14-17(15-10-6-4-7-11-15)19(21)18(20)16-12-8-5-9-13-16/h2-14,19,21H,1H3/b3-2-,17-14+. The van der Waals surface area contributed by atoms with Gasteiger partial charge in [0.15, 0.2) is 5.78 Å². The van der Waals surface area contributed by atoms with Gasteiger partial charge < -0.3 is 5.11 Å². The molecule has 2 nitrogen and oxygen atoms in total. The molecule has 0 amide bonds. The molecule has 2 heteroatoms. The molecule has 2 aromatic rings. The molecule has 0 fully saturated rings. The largest absolute Gasteiger partial charge is 0.380 e. The summed E-state index contributed by atoms with van der Waals surface area (Å²) in [5.74, 6) is -0.296. The maximum absolute atomic E-state index is 12.4. The van der Waals surface area contributed by atoms with Crippen LogP contribution in [0.3, 0.4) is 0 Å². The highest BCUT2D eigenvalue weighted by Gasteiger charge is 2.21. The molecule has 1 N–H and O–H groups in total. The highest BCUT2D eigenvalue weighted by molar-refractivity contribution is 6.06. The summed E-state index contributed by atoms with van der Waals surface area (Å²) in [6.07, 6.45) is 4.29. The third-order valence-corrected chi connectivity index (χ3v) is 3.18. The number of benzene rings is 2. The van der Waals surface area contributed by atoms with Gasteiger partial charge in [-0.15, -0.1) is 0 Å². The van der Waals surface area contributed by atoms with E-state index in [2.05, 4.69) is 0 Å². The molecule has 0 spiro atoms. The second-order valence-corrected chi connectivity index (χ2v) is 4.65. The number of hydrogen-bond acceptors (Lipinski definition) is 2. The van der Waals surface area contributed by atoms with Crippen LogP contribution in [0.2, 0.25) is 0 Å². The fourth-order valence-electron chi connectivity index (χ4n) is 2.08. The third-order valence-electron chi connectivity index (χ3n) is 3.18. The maximum Gasteiger partial charge on any atom is 0.195 e. The van der Waals surface area contributed by atoms with E-state index in [9.17, 15) is 9.90 Å². The Morgan fingerprint density at radius 2 is 1.48 bits per heavy atom. The van der Waals surface area contributed by atoms with Crippen molar-refractivity contribution in [1.29, 1.82) is 0 Å². The van der Waals surface area contributed by atoms with Gasteiger partial charge in [0.1, 0.15) is 6.10 Å². The lowest BCUT2D eigenvalue weighted by atomic mass is 9.94. The van der Waals surface area contributed by atoms with Gasteiger partial charge in [-0.25, -0.2) is 0 Å². The third kappa shape index (κ3) is 3.77. The second kappa shape index (κ2) is 7.36. The first-order valence-corrected chi connectivity index (χ1v) is 6.89. The smallest absolute Gasteiger partial charge is 0.195 e. The zero-order chi connectivity index (χ0) is 15.1. The Balaban J connectivity index is 2.36. The predicted molar refractivity (Wildman–Crippen MR) is 86.0 cm³/mol. The molecule has 0 aliphatic rings. The Labute approximate surface area is 125 Å². The van der Waals surface area contributed by atoms with Gasteiger partial charge in [0, 0.05) is 5.56 Å². The van der Waals surface area contributed by atoms with Crippen LogP contribution in [0.25, 0.3) is 5.57 Å². The minimum absolute atomic E-state index is 0.296. The molecule has 0 radical (unpaired) electrons. The first kappa shape index (κ1) is 14.9. The van der Waals surface area contributed by atoms with E-state index < -0.39 is 6.10 Å². The fraction of sp³-hybridized carbons (Fsp3) is 0.105. The average molecular weight is 278 g/mol. The minimum atomic E-state index is -1.18. The minimum Gasteiger partial charge on any atom is -0.380 e. The van der Waals surface area contributed by atoms with Gasteiger partial charge in [0.05, 0.1) is 0 Å². The molecule has 2 aromatic carbocycles. The van der Waals surface area contributed by atoms with Crippen LogP contribution in [0.5, 0.6) is 0 Å². The summed E-state index contributed by atoms with van der Waals surface area (Å²) in [5.41, 5.74) is 1.95. The summed E-state index contributed by atoms with van der Waals surface area (Å²) in [7, 11) is 0. The number of Topliss-reactive ketones (excluding diaryl/α,β-unsaturated/α-hetero) is 1. The molecular formula is C19H18O2. The summed E-state index contributed by atoms with van der Waals surface area (Å²) >= 11 is 0. The average Bonchev–Trinajstić information content (AvgIpc) is 2.56. The Hall–Kier alpha value is -2.45. The van der Waals surface area contributed by atoms with Gasteiger partial charge in [-0.1, -0.05) is 78.9 Å². The molecule has 0 heterocycles. The van der Waals surface area contributed by atoms with E-state index in [0.29, 0.717) is 11.1 Å². The summed E-state index contributed by atoms with van der Waals surface area (Å²) in [6, 6.07) is 18.3. The van der Waals surface area contributed by atoms with E-state index in [1.165, 1.54) is 0 Å². The lowest BCUT2D eigenvalue weighted by Crippen LogP contribution is -2.22. The van der Waals surface area contributed by atoms with Crippen LogP contribution in [0.4, 0.5) is 0 Å². The van der Waals surface area contributed by atoms with Crippen LogP contribution in [-0.2, 0) is 0 Å². The van der Waals surface area contributed by atoms with E-state index in [4.69, 9.17) is 0 Å². The van der Waals surface area contributed by atoms with Gasteiger partial charge in [0.2, 0.25) is 0 Å². The van der Waals surface area contributed by atoms with Crippen LogP contribution < -0.4 is 0 Å². The molecule has 0 saturated carbocycles. The zero-order valence-electron chi connectivity index (χ0n) is 11.9. The molecule has 21 heavy (non-hydrogen) atoms. The summed E-state index contributed by atoms with van der Waals surface area (Å²) in [4.78, 5) is 12.4. The Kier molecular flexibility index (Phi) is 5.24. The van der Waals surface area contributed by atoms with Gasteiger partial charge in [-0.2, -0.15) is 0 Å². The van der Waals surface area contributed by atoms with Crippen LogP contribution >= 0.6 is 0 Å². The first-order chi connectivity index (χ1) is 10.2. The van der Waals surface area contributed by atoms with Gasteiger partial charge in [-0.05, 0) is 18.1 Å². The van der Waals surface area contributed by atoms with E-state index >= 15 is 0 Å². The summed E-state index contributed by atoms with van der Waals surface area (Å²) < 4.78 is 0. The van der Waals surface area contributed by atoms with Crippen molar-refractivity contribution >= 4 is 11.4 Å². The maximum atomic E-state index is 12.4. The first-order valence-electron chi connectivity index (χ1n) is 6.89. The number of aliphatic hydroxyl groups excluding tert-OH is 1. The molecule has 106 valence electrons. The number of carbonyl (C=O) groups is 1. The number of hydrogen-bond donors (Lipinski definition) is 1. The quantitative estimate of drug-likeness (QED) is 0.665. The summed E-state index contributed by atoms with van der Waals surface area (Å²) in [5, 5.41) is 10.5. The molecule has 0 aliphatic carbocycles. The van der Waals surface area contributed by atoms with Crippen molar-refractivity contribution in [1.82, 2.24) is 0 Å². The van der Waals surface area contributed by atoms with Crippen molar-refractivity contribution in [2.24, 2.45) is 0 Å². The summed E-state index contributed by atoms with van der Waals surface area (Å²) in [6.45, 7) is 1.89. The van der Waals surface area contributed by atoms with E-state index in [1.807, 2.05) is 55.5 Å². The number of aliphatic hydroxyl groups is 1. The van der Waals surface area contributed by atoms with E-state index in [1.54, 1.807) is 30.3 Å². The molecule has 0 aliphatic heterocycles. The molecule has 1 unspecified atom stereocenters. The van der Waals surface area contributed by atoms with Crippen molar-refractivity contribution in [3.05, 3.63) is 90.0 Å². The highest BCUT2D eigenvalue weighted by Crippen LogP contribution is 2.21. The monoisotopic (exact) mass is 278 g/mol. The zero-order valence-corrected chi connectivity index (χ0v) is 11.9. The molecule has 0 bridgehead atoms. The second-order valence-electron chi connectivity index (χ2n) is 4.65. The number of carbonyl (C=O) groups excluding carboxylic acids is 1. The lowest BCUT2D eigenvalue weighted by Gasteiger charge is -2.14.